The van der Waals surface area contributed by atoms with Crippen molar-refractivity contribution >= 4 is 39.5 Å². The fourth-order valence-corrected chi connectivity index (χ4v) is 4.43. The summed E-state index contributed by atoms with van der Waals surface area (Å²) in [5.41, 5.74) is 2.41. The van der Waals surface area contributed by atoms with Gasteiger partial charge in [-0.2, -0.15) is 0 Å². The predicted molar refractivity (Wildman–Crippen MR) is 141 cm³/mol. The number of fused-ring (bicyclic) bond motifs is 2. The molecule has 7 nitrogen and oxygen atoms in total. The molecule has 2 N–H and O–H groups in total. The molecule has 0 bridgehead atoms. The molecule has 0 aliphatic rings. The number of hydrogen-bond donors (Lipinski definition) is 2. The summed E-state index contributed by atoms with van der Waals surface area (Å²) in [6.07, 6.45) is 3.93. The first-order valence-corrected chi connectivity index (χ1v) is 12.2. The fourth-order valence-electron chi connectivity index (χ4n) is 4.43. The van der Waals surface area contributed by atoms with Crippen LogP contribution in [0.15, 0.2) is 72.8 Å². The summed E-state index contributed by atoms with van der Waals surface area (Å²) < 4.78 is 6.37. The fraction of sp³-hybridized carbons (Fsp3) is 0.276. The maximum Gasteiger partial charge on any atom is 0.325 e. The van der Waals surface area contributed by atoms with Crippen molar-refractivity contribution < 1.29 is 19.1 Å². The summed E-state index contributed by atoms with van der Waals surface area (Å²) in [4.78, 5) is 36.9. The summed E-state index contributed by atoms with van der Waals surface area (Å²) in [6.45, 7) is 0.346. The zero-order valence-electron chi connectivity index (χ0n) is 20.5. The first kappa shape index (κ1) is 25.0. The largest absolute Gasteiger partial charge is 0.468 e. The van der Waals surface area contributed by atoms with Gasteiger partial charge in [-0.1, -0.05) is 67.1 Å². The molecule has 0 aliphatic heterocycles. The highest BCUT2D eigenvalue weighted by Gasteiger charge is 2.18. The number of benzene rings is 3. The number of carbonyl (C=O) groups is 3. The van der Waals surface area contributed by atoms with E-state index in [9.17, 15) is 14.4 Å². The van der Waals surface area contributed by atoms with Crippen LogP contribution in [-0.4, -0.2) is 42.6 Å². The van der Waals surface area contributed by atoms with Gasteiger partial charge in [-0.05, 0) is 47.7 Å². The van der Waals surface area contributed by atoms with Gasteiger partial charge in [0.1, 0.15) is 12.2 Å². The van der Waals surface area contributed by atoms with Gasteiger partial charge in [-0.3, -0.25) is 14.4 Å². The van der Waals surface area contributed by atoms with Crippen LogP contribution in [0.5, 0.6) is 0 Å². The van der Waals surface area contributed by atoms with E-state index in [1.807, 2.05) is 24.3 Å². The Labute approximate surface area is 210 Å². The molecule has 0 unspecified atom stereocenters. The van der Waals surface area contributed by atoms with E-state index in [0.29, 0.717) is 12.2 Å². The number of amides is 2. The monoisotopic (exact) mass is 485 g/mol. The minimum absolute atomic E-state index is 0.0856. The van der Waals surface area contributed by atoms with Gasteiger partial charge < -0.3 is 19.9 Å². The topological polar surface area (TPSA) is 89.4 Å². The lowest BCUT2D eigenvalue weighted by atomic mass is 10.00. The van der Waals surface area contributed by atoms with Crippen LogP contribution in [-0.2, 0) is 27.3 Å². The number of aryl methyl sites for hydroxylation is 1. The number of carbonyl (C=O) groups excluding carboxylic acids is 3. The quantitative estimate of drug-likeness (QED) is 0.246. The van der Waals surface area contributed by atoms with Crippen LogP contribution >= 0.6 is 0 Å². The molecule has 1 aromatic heterocycles. The Morgan fingerprint density at radius 3 is 2.42 bits per heavy atom. The van der Waals surface area contributed by atoms with Crippen LogP contribution in [0.4, 0.5) is 0 Å². The van der Waals surface area contributed by atoms with Crippen LogP contribution in [0.25, 0.3) is 21.7 Å². The number of rotatable bonds is 11. The molecule has 186 valence electrons. The van der Waals surface area contributed by atoms with Gasteiger partial charge in [0, 0.05) is 17.4 Å². The Kier molecular flexibility index (Phi) is 8.34. The van der Waals surface area contributed by atoms with Crippen LogP contribution in [0.1, 0.15) is 35.3 Å². The van der Waals surface area contributed by atoms with Crippen molar-refractivity contribution in [2.75, 3.05) is 20.2 Å². The van der Waals surface area contributed by atoms with Gasteiger partial charge in [0.2, 0.25) is 5.91 Å². The summed E-state index contributed by atoms with van der Waals surface area (Å²) in [6, 6.07) is 23.9. The highest BCUT2D eigenvalue weighted by molar-refractivity contribution is 6.00. The Morgan fingerprint density at radius 1 is 0.833 bits per heavy atom. The Hall–Kier alpha value is -4.13. The third kappa shape index (κ3) is 6.10. The van der Waals surface area contributed by atoms with E-state index in [4.69, 9.17) is 4.74 Å². The number of unbranched alkanes of at least 4 members (excludes halogenated alkanes) is 2. The van der Waals surface area contributed by atoms with Crippen molar-refractivity contribution in [3.63, 3.8) is 0 Å². The SMILES string of the molecule is COC(=O)Cn1c(C(=O)NCC(=O)NCCCCCc2cccc3ccccc23)cc2ccccc21. The Bertz CT molecular complexity index is 1370. The molecular weight excluding hydrogens is 454 g/mol. The van der Waals surface area contributed by atoms with Crippen molar-refractivity contribution in [3.05, 3.63) is 84.1 Å². The Morgan fingerprint density at radius 2 is 1.58 bits per heavy atom. The first-order chi connectivity index (χ1) is 17.6. The lowest BCUT2D eigenvalue weighted by molar-refractivity contribution is -0.141. The molecule has 0 radical (unpaired) electrons. The third-order valence-corrected chi connectivity index (χ3v) is 6.29. The molecule has 4 rings (SSSR count). The van der Waals surface area contributed by atoms with Gasteiger partial charge in [-0.15, -0.1) is 0 Å². The van der Waals surface area contributed by atoms with E-state index in [1.54, 1.807) is 10.6 Å². The van der Waals surface area contributed by atoms with Crippen LogP contribution in [0, 0.1) is 0 Å². The second-order valence-corrected chi connectivity index (χ2v) is 8.73. The number of nitrogens with zero attached hydrogens (tertiary/aromatic N) is 1. The molecule has 0 aliphatic carbocycles. The van der Waals surface area contributed by atoms with Crippen molar-refractivity contribution in [2.24, 2.45) is 0 Å². The molecule has 0 spiro atoms. The highest BCUT2D eigenvalue weighted by Crippen LogP contribution is 2.21. The minimum atomic E-state index is -0.455. The second kappa shape index (κ2) is 12.0. The number of para-hydroxylation sites is 1. The summed E-state index contributed by atoms with van der Waals surface area (Å²) >= 11 is 0. The van der Waals surface area contributed by atoms with E-state index in [0.717, 1.165) is 36.6 Å². The summed E-state index contributed by atoms with van der Waals surface area (Å²) in [7, 11) is 1.31. The van der Waals surface area contributed by atoms with E-state index in [2.05, 4.69) is 53.1 Å². The number of esters is 1. The van der Waals surface area contributed by atoms with E-state index in [-0.39, 0.29) is 19.0 Å². The molecule has 0 atom stereocenters. The van der Waals surface area contributed by atoms with Crippen molar-refractivity contribution in [3.8, 4) is 0 Å². The van der Waals surface area contributed by atoms with Gasteiger partial charge in [0.15, 0.2) is 0 Å². The molecule has 0 saturated heterocycles. The number of nitrogens with one attached hydrogen (secondary N) is 2. The molecule has 2 amide bonds. The Balaban J connectivity index is 1.21. The van der Waals surface area contributed by atoms with Crippen LogP contribution in [0.2, 0.25) is 0 Å². The number of methoxy groups -OCH3 is 1. The zero-order valence-corrected chi connectivity index (χ0v) is 20.5. The molecular formula is C29H31N3O4. The molecule has 3 aromatic carbocycles. The zero-order chi connectivity index (χ0) is 25.3. The van der Waals surface area contributed by atoms with Crippen molar-refractivity contribution in [1.82, 2.24) is 15.2 Å². The second-order valence-electron chi connectivity index (χ2n) is 8.73. The molecule has 0 saturated carbocycles. The van der Waals surface area contributed by atoms with Gasteiger partial charge in [0.05, 0.1) is 13.7 Å². The third-order valence-electron chi connectivity index (χ3n) is 6.29. The van der Waals surface area contributed by atoms with Gasteiger partial charge in [0.25, 0.3) is 5.91 Å². The van der Waals surface area contributed by atoms with Crippen molar-refractivity contribution in [2.45, 2.75) is 32.2 Å². The normalized spacial score (nSPS) is 10.9. The van der Waals surface area contributed by atoms with Crippen LogP contribution < -0.4 is 10.6 Å². The predicted octanol–water partition coefficient (Wildman–Crippen LogP) is 4.23. The average molecular weight is 486 g/mol. The lowest BCUT2D eigenvalue weighted by Crippen LogP contribution is -2.38. The van der Waals surface area contributed by atoms with Gasteiger partial charge in [-0.25, -0.2) is 0 Å². The summed E-state index contributed by atoms with van der Waals surface area (Å²) in [5.74, 6) is -1.11. The number of aromatic nitrogens is 1. The smallest absolute Gasteiger partial charge is 0.325 e. The molecule has 0 fully saturated rings. The maximum absolute atomic E-state index is 12.8. The van der Waals surface area contributed by atoms with E-state index < -0.39 is 11.9 Å². The standard InChI is InChI=1S/C29H31N3O4/c1-36-28(34)20-32-25-16-7-5-12-23(25)18-26(32)29(35)31-19-27(33)30-17-8-2-3-10-21-13-9-14-22-11-4-6-15-24(21)22/h4-7,9,11-16,18H,2-3,8,10,17,19-20H2,1H3,(H,30,33)(H,31,35). The first-order valence-electron chi connectivity index (χ1n) is 12.2. The van der Waals surface area contributed by atoms with Crippen LogP contribution in [0.3, 0.4) is 0 Å². The molecule has 4 aromatic rings. The average Bonchev–Trinajstić information content (AvgIpc) is 3.27. The minimum Gasteiger partial charge on any atom is -0.468 e. The molecule has 36 heavy (non-hydrogen) atoms. The van der Waals surface area contributed by atoms with E-state index in [1.165, 1.54) is 23.4 Å². The summed E-state index contributed by atoms with van der Waals surface area (Å²) in [5, 5.41) is 8.92. The van der Waals surface area contributed by atoms with Crippen molar-refractivity contribution in [1.29, 1.82) is 0 Å². The lowest BCUT2D eigenvalue weighted by Gasteiger charge is -2.10. The molecule has 7 heteroatoms. The molecule has 1 heterocycles. The highest BCUT2D eigenvalue weighted by atomic mass is 16.5. The number of ether oxygens (including phenoxy) is 1. The van der Waals surface area contributed by atoms with E-state index >= 15 is 0 Å². The number of hydrogen-bond acceptors (Lipinski definition) is 4. The van der Waals surface area contributed by atoms with Gasteiger partial charge >= 0.3 is 5.97 Å². The maximum atomic E-state index is 12.8.